The van der Waals surface area contributed by atoms with Gasteiger partial charge >= 0.3 is 5.97 Å². The minimum Gasteiger partial charge on any atom is -0.465 e. The second kappa shape index (κ2) is 6.21. The summed E-state index contributed by atoms with van der Waals surface area (Å²) < 4.78 is 31.4. The lowest BCUT2D eigenvalue weighted by Gasteiger charge is -2.21. The molecule has 1 aliphatic carbocycles. The summed E-state index contributed by atoms with van der Waals surface area (Å²) in [5.41, 5.74) is 5.85. The largest absolute Gasteiger partial charge is 0.465 e. The molecule has 2 rings (SSSR count). The zero-order valence-corrected chi connectivity index (χ0v) is 13.2. The van der Waals surface area contributed by atoms with Crippen molar-refractivity contribution in [2.75, 3.05) is 18.9 Å². The fourth-order valence-corrected chi connectivity index (χ4v) is 3.97. The van der Waals surface area contributed by atoms with E-state index in [1.54, 1.807) is 6.92 Å². The first kappa shape index (κ1) is 16.1. The van der Waals surface area contributed by atoms with Gasteiger partial charge in [-0.2, -0.15) is 4.31 Å². The molecule has 0 bridgehead atoms. The number of nitrogens with zero attached hydrogens (tertiary/aromatic N) is 1. The summed E-state index contributed by atoms with van der Waals surface area (Å²) in [6.45, 7) is 1.56. The van der Waals surface area contributed by atoms with Crippen LogP contribution in [0, 0.1) is 0 Å². The SMILES string of the molecule is CCOC(=O)CN(C1CC1)S(=O)(=O)c1cc(Cl)ccc1N. The number of sulfonamides is 1. The molecule has 0 atom stereocenters. The van der Waals surface area contributed by atoms with Crippen LogP contribution in [0.4, 0.5) is 5.69 Å². The molecule has 2 N–H and O–H groups in total. The van der Waals surface area contributed by atoms with Gasteiger partial charge in [0.05, 0.1) is 12.3 Å². The number of anilines is 1. The maximum Gasteiger partial charge on any atom is 0.321 e. The fourth-order valence-electron chi connectivity index (χ4n) is 1.96. The number of nitrogen functional groups attached to an aromatic ring is 1. The maximum atomic E-state index is 12.7. The molecule has 1 saturated carbocycles. The zero-order chi connectivity index (χ0) is 15.6. The number of hydrogen-bond acceptors (Lipinski definition) is 5. The van der Waals surface area contributed by atoms with E-state index in [2.05, 4.69) is 0 Å². The van der Waals surface area contributed by atoms with Crippen LogP contribution in [0.15, 0.2) is 23.1 Å². The smallest absolute Gasteiger partial charge is 0.321 e. The molecule has 1 aromatic carbocycles. The second-order valence-electron chi connectivity index (χ2n) is 4.77. The fraction of sp³-hybridized carbons (Fsp3) is 0.462. The van der Waals surface area contributed by atoms with Crippen molar-refractivity contribution in [3.63, 3.8) is 0 Å². The van der Waals surface area contributed by atoms with Gasteiger partial charge in [-0.3, -0.25) is 4.79 Å². The molecule has 0 spiro atoms. The summed E-state index contributed by atoms with van der Waals surface area (Å²) in [5.74, 6) is -0.575. The Morgan fingerprint density at radius 2 is 2.14 bits per heavy atom. The van der Waals surface area contributed by atoms with Gasteiger partial charge in [-0.1, -0.05) is 11.6 Å². The monoisotopic (exact) mass is 332 g/mol. The Morgan fingerprint density at radius 1 is 1.48 bits per heavy atom. The highest BCUT2D eigenvalue weighted by molar-refractivity contribution is 7.89. The van der Waals surface area contributed by atoms with Crippen molar-refractivity contribution in [1.29, 1.82) is 0 Å². The van der Waals surface area contributed by atoms with Crippen molar-refractivity contribution in [3.8, 4) is 0 Å². The summed E-state index contributed by atoms with van der Waals surface area (Å²) in [6, 6.07) is 4.07. The molecule has 116 valence electrons. The van der Waals surface area contributed by atoms with Gasteiger partial charge in [-0.25, -0.2) is 8.42 Å². The van der Waals surface area contributed by atoms with Crippen LogP contribution in [0.2, 0.25) is 5.02 Å². The van der Waals surface area contributed by atoms with Crippen molar-refractivity contribution in [1.82, 2.24) is 4.31 Å². The Bertz CT molecular complexity index is 644. The van der Waals surface area contributed by atoms with Crippen LogP contribution >= 0.6 is 11.6 Å². The predicted molar refractivity (Wildman–Crippen MR) is 79.4 cm³/mol. The summed E-state index contributed by atoms with van der Waals surface area (Å²) in [6.07, 6.45) is 1.44. The molecule has 0 heterocycles. The van der Waals surface area contributed by atoms with E-state index in [0.717, 1.165) is 17.1 Å². The van der Waals surface area contributed by atoms with Crippen molar-refractivity contribution in [2.45, 2.75) is 30.7 Å². The number of carbonyl (C=O) groups is 1. The van der Waals surface area contributed by atoms with E-state index in [0.29, 0.717) is 0 Å². The highest BCUT2D eigenvalue weighted by atomic mass is 35.5. The van der Waals surface area contributed by atoms with Gasteiger partial charge in [0.2, 0.25) is 10.0 Å². The van der Waals surface area contributed by atoms with Gasteiger partial charge in [0.25, 0.3) is 0 Å². The minimum atomic E-state index is -3.88. The summed E-state index contributed by atoms with van der Waals surface area (Å²) >= 11 is 5.85. The summed E-state index contributed by atoms with van der Waals surface area (Å²) in [7, 11) is -3.88. The zero-order valence-electron chi connectivity index (χ0n) is 11.6. The molecule has 0 aromatic heterocycles. The minimum absolute atomic E-state index is 0.0776. The van der Waals surface area contributed by atoms with Crippen molar-refractivity contribution in [2.24, 2.45) is 0 Å². The summed E-state index contributed by atoms with van der Waals surface area (Å²) in [5, 5.41) is 0.273. The lowest BCUT2D eigenvalue weighted by molar-refractivity contribution is -0.143. The molecule has 0 saturated heterocycles. The standard InChI is InChI=1S/C13H17ClN2O4S/c1-2-20-13(17)8-16(10-4-5-10)21(18,19)12-7-9(14)3-6-11(12)15/h3,6-7,10H,2,4-5,8,15H2,1H3. The number of benzene rings is 1. The van der Waals surface area contributed by atoms with Crippen LogP contribution in [0.1, 0.15) is 19.8 Å². The van der Waals surface area contributed by atoms with E-state index in [4.69, 9.17) is 22.1 Å². The molecule has 1 aliphatic rings. The van der Waals surface area contributed by atoms with E-state index < -0.39 is 16.0 Å². The highest BCUT2D eigenvalue weighted by Gasteiger charge is 2.40. The van der Waals surface area contributed by atoms with Crippen LogP contribution in [0.3, 0.4) is 0 Å². The predicted octanol–water partition coefficient (Wildman–Crippen LogP) is 1.64. The number of halogens is 1. The first-order chi connectivity index (χ1) is 9.86. The van der Waals surface area contributed by atoms with Gasteiger partial charge in [-0.15, -0.1) is 0 Å². The third-order valence-corrected chi connectivity index (χ3v) is 5.30. The molecular weight excluding hydrogens is 316 g/mol. The van der Waals surface area contributed by atoms with Crippen LogP contribution < -0.4 is 5.73 Å². The van der Waals surface area contributed by atoms with E-state index >= 15 is 0 Å². The van der Waals surface area contributed by atoms with Crippen molar-refractivity contribution in [3.05, 3.63) is 23.2 Å². The topological polar surface area (TPSA) is 89.7 Å². The van der Waals surface area contributed by atoms with Gasteiger partial charge in [0.1, 0.15) is 11.4 Å². The molecular formula is C13H17ClN2O4S. The number of ether oxygens (including phenoxy) is 1. The van der Waals surface area contributed by atoms with Gasteiger partial charge in [-0.05, 0) is 38.0 Å². The molecule has 0 aliphatic heterocycles. The molecule has 21 heavy (non-hydrogen) atoms. The van der Waals surface area contributed by atoms with Gasteiger partial charge in [0.15, 0.2) is 0 Å². The summed E-state index contributed by atoms with van der Waals surface area (Å²) in [4.78, 5) is 11.6. The highest BCUT2D eigenvalue weighted by Crippen LogP contribution is 2.34. The number of rotatable bonds is 6. The van der Waals surface area contributed by atoms with Crippen LogP contribution in [0.25, 0.3) is 0 Å². The molecule has 8 heteroatoms. The van der Waals surface area contributed by atoms with E-state index in [9.17, 15) is 13.2 Å². The molecule has 1 aromatic rings. The molecule has 0 radical (unpaired) electrons. The van der Waals surface area contributed by atoms with Gasteiger partial charge in [0, 0.05) is 11.1 Å². The van der Waals surface area contributed by atoms with E-state index in [-0.39, 0.29) is 34.8 Å². The second-order valence-corrected chi connectivity index (χ2v) is 7.06. The third-order valence-electron chi connectivity index (χ3n) is 3.11. The Balaban J connectivity index is 2.34. The lowest BCUT2D eigenvalue weighted by atomic mass is 10.3. The third kappa shape index (κ3) is 3.66. The quantitative estimate of drug-likeness (QED) is 0.631. The van der Waals surface area contributed by atoms with Crippen molar-refractivity contribution >= 4 is 33.3 Å². The normalized spacial score (nSPS) is 15.2. The Labute approximate surface area is 128 Å². The number of carbonyl (C=O) groups excluding carboxylic acids is 1. The number of nitrogens with two attached hydrogens (primary N) is 1. The van der Waals surface area contributed by atoms with Crippen molar-refractivity contribution < 1.29 is 17.9 Å². The maximum absolute atomic E-state index is 12.7. The van der Waals surface area contributed by atoms with Gasteiger partial charge < -0.3 is 10.5 Å². The Morgan fingerprint density at radius 3 is 2.71 bits per heavy atom. The number of esters is 1. The van der Waals surface area contributed by atoms with E-state index in [1.807, 2.05) is 0 Å². The lowest BCUT2D eigenvalue weighted by Crippen LogP contribution is -2.38. The van der Waals surface area contributed by atoms with Crippen LogP contribution in [-0.4, -0.2) is 37.9 Å². The average molecular weight is 333 g/mol. The first-order valence-corrected chi connectivity index (χ1v) is 8.40. The average Bonchev–Trinajstić information content (AvgIpc) is 3.23. The molecule has 6 nitrogen and oxygen atoms in total. The van der Waals surface area contributed by atoms with Crippen LogP contribution in [-0.2, 0) is 19.6 Å². The Kier molecular flexibility index (Phi) is 4.75. The molecule has 0 amide bonds. The molecule has 1 fully saturated rings. The molecule has 0 unspecified atom stereocenters. The number of hydrogen-bond donors (Lipinski definition) is 1. The Hall–Kier alpha value is -1.31. The first-order valence-electron chi connectivity index (χ1n) is 6.58. The van der Waals surface area contributed by atoms with Crippen LogP contribution in [0.5, 0.6) is 0 Å². The van der Waals surface area contributed by atoms with E-state index in [1.165, 1.54) is 18.2 Å².